The third-order valence-electron chi connectivity index (χ3n) is 7.21. The fraction of sp³-hybridized carbons (Fsp3) is 0.625. The highest BCUT2D eigenvalue weighted by Gasteiger charge is 2.16. The standard InChI is InChI=1S/C32H49N5O8S/c33-10-2-1-3-21-46-25-28-24-44-17-13-36(22-26-6-4-8-29(34-26)31(38)39)11-15-42-19-20-43-16-12-37(14-18-45-28)23-27-7-5-9-30(35-27)32(40)41/h4-9,28H,1-3,10-25,33H2,(H,38,39)(H,40,41)/t28-/m0/s1. The van der Waals surface area contributed by atoms with Gasteiger partial charge >= 0.3 is 11.9 Å². The number of carboxylic acid groups (broad SMARTS) is 2. The maximum absolute atomic E-state index is 11.4. The highest BCUT2D eigenvalue weighted by Crippen LogP contribution is 2.12. The topological polar surface area (TPSA) is 170 Å². The van der Waals surface area contributed by atoms with Gasteiger partial charge in [0, 0.05) is 45.0 Å². The summed E-state index contributed by atoms with van der Waals surface area (Å²) in [7, 11) is 0. The Balaban J connectivity index is 1.61. The lowest BCUT2D eigenvalue weighted by molar-refractivity contribution is -0.0238. The van der Waals surface area contributed by atoms with E-state index in [2.05, 4.69) is 19.8 Å². The van der Waals surface area contributed by atoms with E-state index in [9.17, 15) is 19.8 Å². The average Bonchev–Trinajstić information content (AvgIpc) is 3.05. The fourth-order valence-corrected chi connectivity index (χ4v) is 5.75. The van der Waals surface area contributed by atoms with Gasteiger partial charge in [0.15, 0.2) is 0 Å². The van der Waals surface area contributed by atoms with Gasteiger partial charge in [0.2, 0.25) is 0 Å². The maximum Gasteiger partial charge on any atom is 0.354 e. The second-order valence-electron chi connectivity index (χ2n) is 10.9. The molecular formula is C32H49N5O8S. The number of carbonyl (C=O) groups is 2. The number of aromatic carboxylic acids is 2. The SMILES string of the molecule is NCCCCCSC[C@@H]1COCCN(Cc2cccc(C(=O)O)n2)CCOCCOCCN(Cc2cccc(C(=O)O)n2)CCO1. The summed E-state index contributed by atoms with van der Waals surface area (Å²) in [6.45, 7) is 7.36. The Labute approximate surface area is 275 Å². The van der Waals surface area contributed by atoms with Crippen LogP contribution >= 0.6 is 11.8 Å². The van der Waals surface area contributed by atoms with Crippen LogP contribution in [0.3, 0.4) is 0 Å². The quantitative estimate of drug-likeness (QED) is 0.267. The molecule has 0 aliphatic carbocycles. The summed E-state index contributed by atoms with van der Waals surface area (Å²) in [6.07, 6.45) is 3.16. The van der Waals surface area contributed by atoms with E-state index in [-0.39, 0.29) is 17.5 Å². The van der Waals surface area contributed by atoms with Crippen LogP contribution in [-0.4, -0.2) is 139 Å². The molecule has 0 saturated carbocycles. The molecule has 13 nitrogen and oxygen atoms in total. The number of ether oxygens (including phenoxy) is 4. The van der Waals surface area contributed by atoms with Crippen molar-refractivity contribution in [1.29, 1.82) is 0 Å². The number of rotatable bonds is 13. The molecule has 3 rings (SSSR count). The molecule has 1 aliphatic heterocycles. The first-order valence-corrected chi connectivity index (χ1v) is 17.1. The summed E-state index contributed by atoms with van der Waals surface area (Å²) in [5.74, 6) is -0.268. The van der Waals surface area contributed by atoms with E-state index in [1.807, 2.05) is 23.9 Å². The molecule has 2 aromatic heterocycles. The number of aromatic nitrogens is 2. The third-order valence-corrected chi connectivity index (χ3v) is 8.40. The first kappa shape index (κ1) is 37.8. The molecule has 1 aliphatic rings. The zero-order valence-corrected chi connectivity index (χ0v) is 27.4. The van der Waals surface area contributed by atoms with Crippen LogP contribution in [0, 0.1) is 0 Å². The van der Waals surface area contributed by atoms with E-state index in [0.29, 0.717) is 103 Å². The summed E-state index contributed by atoms with van der Waals surface area (Å²) in [5, 5.41) is 18.7. The Kier molecular flexibility index (Phi) is 18.7. The number of nitrogens with zero attached hydrogens (tertiary/aromatic N) is 4. The average molecular weight is 664 g/mol. The Morgan fingerprint density at radius 3 is 1.85 bits per heavy atom. The van der Waals surface area contributed by atoms with E-state index in [1.54, 1.807) is 12.1 Å². The second-order valence-corrected chi connectivity index (χ2v) is 12.1. The van der Waals surface area contributed by atoms with E-state index in [0.717, 1.165) is 30.8 Å². The van der Waals surface area contributed by atoms with Gasteiger partial charge in [0.1, 0.15) is 11.4 Å². The lowest BCUT2D eigenvalue weighted by atomic mass is 10.2. The van der Waals surface area contributed by atoms with E-state index in [1.165, 1.54) is 12.1 Å². The summed E-state index contributed by atoms with van der Waals surface area (Å²) in [6, 6.07) is 10.0. The predicted molar refractivity (Wildman–Crippen MR) is 175 cm³/mol. The molecule has 2 aromatic rings. The normalized spacial score (nSPS) is 18.8. The van der Waals surface area contributed by atoms with Crippen LogP contribution in [0.1, 0.15) is 51.6 Å². The van der Waals surface area contributed by atoms with Crippen molar-refractivity contribution in [2.24, 2.45) is 5.73 Å². The molecule has 0 amide bonds. The molecule has 3 heterocycles. The fourth-order valence-electron chi connectivity index (χ4n) is 4.72. The lowest BCUT2D eigenvalue weighted by Crippen LogP contribution is -2.35. The molecule has 46 heavy (non-hydrogen) atoms. The molecule has 0 unspecified atom stereocenters. The van der Waals surface area contributed by atoms with Gasteiger partial charge in [-0.05, 0) is 49.4 Å². The van der Waals surface area contributed by atoms with Gasteiger partial charge in [-0.1, -0.05) is 18.6 Å². The molecule has 0 aromatic carbocycles. The summed E-state index contributed by atoms with van der Waals surface area (Å²) < 4.78 is 24.1. The van der Waals surface area contributed by atoms with Crippen molar-refractivity contribution in [2.45, 2.75) is 38.5 Å². The van der Waals surface area contributed by atoms with Crippen LogP contribution in [-0.2, 0) is 32.0 Å². The molecule has 0 radical (unpaired) electrons. The zero-order valence-electron chi connectivity index (χ0n) is 26.6. The molecule has 256 valence electrons. The zero-order chi connectivity index (χ0) is 32.8. The first-order valence-electron chi connectivity index (χ1n) is 15.9. The summed E-state index contributed by atoms with van der Waals surface area (Å²) >= 11 is 1.85. The van der Waals surface area contributed by atoms with Gasteiger partial charge < -0.3 is 34.9 Å². The molecular weight excluding hydrogens is 614 g/mol. The number of carboxylic acids is 2. The van der Waals surface area contributed by atoms with Gasteiger partial charge in [-0.15, -0.1) is 0 Å². The van der Waals surface area contributed by atoms with Gasteiger partial charge in [-0.25, -0.2) is 19.6 Å². The van der Waals surface area contributed by atoms with Crippen molar-refractivity contribution < 1.29 is 38.7 Å². The highest BCUT2D eigenvalue weighted by molar-refractivity contribution is 7.99. The van der Waals surface area contributed by atoms with Crippen LogP contribution in [0.25, 0.3) is 0 Å². The molecule has 1 saturated heterocycles. The van der Waals surface area contributed by atoms with E-state index >= 15 is 0 Å². The molecule has 1 atom stereocenters. The number of nitrogens with two attached hydrogens (primary N) is 1. The van der Waals surface area contributed by atoms with E-state index < -0.39 is 11.9 Å². The van der Waals surface area contributed by atoms with Crippen molar-refractivity contribution in [1.82, 2.24) is 19.8 Å². The number of hydrogen-bond donors (Lipinski definition) is 3. The van der Waals surface area contributed by atoms with Crippen molar-refractivity contribution in [3.05, 3.63) is 59.2 Å². The molecule has 0 spiro atoms. The second kappa shape index (κ2) is 22.8. The Morgan fingerprint density at radius 2 is 1.30 bits per heavy atom. The Bertz CT molecular complexity index is 1160. The number of hydrogen-bond acceptors (Lipinski definition) is 12. The summed E-state index contributed by atoms with van der Waals surface area (Å²) in [5.41, 5.74) is 7.02. The Morgan fingerprint density at radius 1 is 0.761 bits per heavy atom. The van der Waals surface area contributed by atoms with Crippen LogP contribution in [0.4, 0.5) is 0 Å². The molecule has 14 heteroatoms. The molecule has 1 fully saturated rings. The third kappa shape index (κ3) is 15.7. The minimum absolute atomic E-state index is 0.0210. The van der Waals surface area contributed by atoms with Crippen molar-refractivity contribution in [3.63, 3.8) is 0 Å². The van der Waals surface area contributed by atoms with Gasteiger partial charge in [-0.2, -0.15) is 11.8 Å². The molecule has 0 bridgehead atoms. The summed E-state index contributed by atoms with van der Waals surface area (Å²) in [4.78, 5) is 35.7. The minimum atomic E-state index is -1.05. The largest absolute Gasteiger partial charge is 0.477 e. The number of pyridine rings is 2. The Hall–Kier alpha value is -2.69. The minimum Gasteiger partial charge on any atom is -0.477 e. The molecule has 4 N–H and O–H groups in total. The van der Waals surface area contributed by atoms with Crippen LogP contribution in [0.5, 0.6) is 0 Å². The highest BCUT2D eigenvalue weighted by atomic mass is 32.2. The lowest BCUT2D eigenvalue weighted by Gasteiger charge is -2.25. The predicted octanol–water partition coefficient (Wildman–Crippen LogP) is 2.49. The monoisotopic (exact) mass is 663 g/mol. The number of unbranched alkanes of at least 4 members (excludes halogenated alkanes) is 2. The van der Waals surface area contributed by atoms with Crippen LogP contribution in [0.15, 0.2) is 36.4 Å². The van der Waals surface area contributed by atoms with Crippen molar-refractivity contribution in [2.75, 3.05) is 90.5 Å². The van der Waals surface area contributed by atoms with Gasteiger partial charge in [0.05, 0.1) is 63.7 Å². The van der Waals surface area contributed by atoms with E-state index in [4.69, 9.17) is 24.7 Å². The van der Waals surface area contributed by atoms with Crippen molar-refractivity contribution in [3.8, 4) is 0 Å². The van der Waals surface area contributed by atoms with Crippen LogP contribution in [0.2, 0.25) is 0 Å². The smallest absolute Gasteiger partial charge is 0.354 e. The first-order chi connectivity index (χ1) is 22.4. The van der Waals surface area contributed by atoms with Gasteiger partial charge in [0.25, 0.3) is 0 Å². The maximum atomic E-state index is 11.4. The number of thioether (sulfide) groups is 1. The van der Waals surface area contributed by atoms with Gasteiger partial charge in [-0.3, -0.25) is 9.80 Å². The van der Waals surface area contributed by atoms with Crippen molar-refractivity contribution >= 4 is 23.7 Å². The van der Waals surface area contributed by atoms with Crippen LogP contribution < -0.4 is 5.73 Å².